The Morgan fingerprint density at radius 1 is 1.33 bits per heavy atom. The Hall–Kier alpha value is -2.07. The van der Waals surface area contributed by atoms with Gasteiger partial charge in [0, 0.05) is 5.02 Å². The van der Waals surface area contributed by atoms with Crippen LogP contribution in [0.25, 0.3) is 0 Å². The van der Waals surface area contributed by atoms with E-state index in [9.17, 15) is 4.79 Å². The van der Waals surface area contributed by atoms with Crippen molar-refractivity contribution in [1.82, 2.24) is 4.98 Å². The molecule has 3 rings (SSSR count). The number of hydrogen-bond acceptors (Lipinski definition) is 4. The third kappa shape index (κ3) is 2.85. The summed E-state index contributed by atoms with van der Waals surface area (Å²) >= 11 is 6.15. The first kappa shape index (κ1) is 13.9. The zero-order valence-electron chi connectivity index (χ0n) is 11.4. The molecule has 1 aromatic heterocycles. The van der Waals surface area contributed by atoms with Crippen LogP contribution in [0.4, 0.5) is 5.82 Å². The van der Waals surface area contributed by atoms with Crippen molar-refractivity contribution in [3.63, 3.8) is 0 Å². The maximum Gasteiger partial charge on any atom is 0.313 e. The van der Waals surface area contributed by atoms with Crippen molar-refractivity contribution < 1.29 is 9.53 Å². The van der Waals surface area contributed by atoms with Crippen molar-refractivity contribution in [2.24, 2.45) is 0 Å². The highest BCUT2D eigenvalue weighted by Crippen LogP contribution is 2.37. The van der Waals surface area contributed by atoms with Gasteiger partial charge in [-0.2, -0.15) is 0 Å². The molecule has 1 unspecified atom stereocenters. The van der Waals surface area contributed by atoms with Crippen LogP contribution in [0, 0.1) is 0 Å². The summed E-state index contributed by atoms with van der Waals surface area (Å²) in [6, 6.07) is 10.9. The van der Waals surface area contributed by atoms with E-state index in [-0.39, 0.29) is 18.5 Å². The van der Waals surface area contributed by atoms with Crippen LogP contribution in [-0.4, -0.2) is 11.0 Å². The topological polar surface area (TPSA) is 65.2 Å². The first-order chi connectivity index (χ1) is 10.1. The lowest BCUT2D eigenvalue weighted by Crippen LogP contribution is -2.14. The Labute approximate surface area is 127 Å². The third-order valence-corrected chi connectivity index (χ3v) is 4.04. The van der Waals surface area contributed by atoms with Crippen LogP contribution in [0.15, 0.2) is 36.4 Å². The van der Waals surface area contributed by atoms with Crippen LogP contribution < -0.4 is 5.73 Å². The van der Waals surface area contributed by atoms with E-state index in [0.29, 0.717) is 11.5 Å². The van der Waals surface area contributed by atoms with Gasteiger partial charge in [0.25, 0.3) is 0 Å². The zero-order valence-corrected chi connectivity index (χ0v) is 12.1. The summed E-state index contributed by atoms with van der Waals surface area (Å²) in [7, 11) is 0. The summed E-state index contributed by atoms with van der Waals surface area (Å²) in [5.74, 6) is -0.0541. The van der Waals surface area contributed by atoms with Crippen LogP contribution in [0.5, 0.6) is 0 Å². The van der Waals surface area contributed by atoms with Crippen molar-refractivity contribution in [3.05, 3.63) is 58.2 Å². The highest BCUT2D eigenvalue weighted by Gasteiger charge is 2.31. The van der Waals surface area contributed by atoms with Gasteiger partial charge in [0.2, 0.25) is 0 Å². The number of anilines is 1. The van der Waals surface area contributed by atoms with Crippen molar-refractivity contribution >= 4 is 23.4 Å². The molecule has 0 saturated carbocycles. The third-order valence-electron chi connectivity index (χ3n) is 3.69. The predicted octanol–water partition coefficient (Wildman–Crippen LogP) is 3.09. The first-order valence-corrected chi connectivity index (χ1v) is 7.18. The van der Waals surface area contributed by atoms with Crippen LogP contribution >= 0.6 is 11.6 Å². The lowest BCUT2D eigenvalue weighted by molar-refractivity contribution is -0.146. The first-order valence-electron chi connectivity index (χ1n) is 6.80. The van der Waals surface area contributed by atoms with Gasteiger partial charge in [-0.15, -0.1) is 0 Å². The lowest BCUT2D eigenvalue weighted by Gasteiger charge is -2.11. The molecule has 4 nitrogen and oxygen atoms in total. The molecule has 1 atom stereocenters. The second kappa shape index (κ2) is 5.74. The van der Waals surface area contributed by atoms with Gasteiger partial charge in [-0.05, 0) is 42.2 Å². The molecular formula is C16H15ClN2O2. The molecule has 1 aliphatic carbocycles. The zero-order chi connectivity index (χ0) is 14.8. The molecule has 108 valence electrons. The monoisotopic (exact) mass is 302 g/mol. The maximum atomic E-state index is 12.3. The molecule has 0 bridgehead atoms. The fourth-order valence-corrected chi connectivity index (χ4v) is 2.96. The molecule has 1 aromatic carbocycles. The van der Waals surface area contributed by atoms with Gasteiger partial charge >= 0.3 is 5.97 Å². The minimum atomic E-state index is -0.236. The molecule has 0 amide bonds. The Kier molecular flexibility index (Phi) is 3.80. The Morgan fingerprint density at radius 2 is 2.14 bits per heavy atom. The van der Waals surface area contributed by atoms with Gasteiger partial charge in [0.05, 0.1) is 11.6 Å². The van der Waals surface area contributed by atoms with Gasteiger partial charge in [0.1, 0.15) is 12.4 Å². The van der Waals surface area contributed by atoms with Gasteiger partial charge in [-0.1, -0.05) is 29.8 Å². The smallest absolute Gasteiger partial charge is 0.313 e. The number of aromatic nitrogens is 1. The second-order valence-corrected chi connectivity index (χ2v) is 5.47. The number of rotatable bonds is 3. The summed E-state index contributed by atoms with van der Waals surface area (Å²) in [6.07, 6.45) is 1.55. The lowest BCUT2D eigenvalue weighted by atomic mass is 10.0. The molecule has 0 radical (unpaired) electrons. The molecule has 0 aliphatic heterocycles. The number of nitrogens with two attached hydrogens (primary N) is 1. The molecule has 1 aliphatic rings. The maximum absolute atomic E-state index is 12.3. The Morgan fingerprint density at radius 3 is 2.95 bits per heavy atom. The SMILES string of the molecule is Nc1cccc(COC(=O)C2CCc3c(Cl)cccc32)n1. The number of carbonyl (C=O) groups excluding carboxylic acids is 1. The number of esters is 1. The number of nitrogen functional groups attached to an aromatic ring is 1. The summed E-state index contributed by atoms with van der Waals surface area (Å²) in [6.45, 7) is 0.135. The highest BCUT2D eigenvalue weighted by atomic mass is 35.5. The number of fused-ring (bicyclic) bond motifs is 1. The number of hydrogen-bond donors (Lipinski definition) is 1. The number of carbonyl (C=O) groups is 1. The largest absolute Gasteiger partial charge is 0.459 e. The van der Waals surface area contributed by atoms with Crippen molar-refractivity contribution in [3.8, 4) is 0 Å². The molecule has 2 aromatic rings. The molecule has 5 heteroatoms. The van der Waals surface area contributed by atoms with E-state index in [2.05, 4.69) is 4.98 Å². The van der Waals surface area contributed by atoms with Crippen molar-refractivity contribution in [1.29, 1.82) is 0 Å². The Balaban J connectivity index is 1.69. The molecular weight excluding hydrogens is 288 g/mol. The van der Waals surface area contributed by atoms with Crippen LogP contribution in [0.2, 0.25) is 5.02 Å². The average molecular weight is 303 g/mol. The van der Waals surface area contributed by atoms with E-state index < -0.39 is 0 Å². The molecule has 2 N–H and O–H groups in total. The van der Waals surface area contributed by atoms with Gasteiger partial charge in [0.15, 0.2) is 0 Å². The highest BCUT2D eigenvalue weighted by molar-refractivity contribution is 6.31. The quantitative estimate of drug-likeness (QED) is 0.885. The van der Waals surface area contributed by atoms with Crippen molar-refractivity contribution in [2.45, 2.75) is 25.4 Å². The van der Waals surface area contributed by atoms with Gasteiger partial charge in [-0.25, -0.2) is 4.98 Å². The van der Waals surface area contributed by atoms with Crippen LogP contribution in [-0.2, 0) is 22.6 Å². The van der Waals surface area contributed by atoms with E-state index in [1.807, 2.05) is 18.2 Å². The fraction of sp³-hybridized carbons (Fsp3) is 0.250. The summed E-state index contributed by atoms with van der Waals surface area (Å²) in [4.78, 5) is 16.4. The molecule has 21 heavy (non-hydrogen) atoms. The number of pyridine rings is 1. The van der Waals surface area contributed by atoms with Crippen molar-refractivity contribution in [2.75, 3.05) is 5.73 Å². The second-order valence-electron chi connectivity index (χ2n) is 5.06. The van der Waals surface area contributed by atoms with E-state index in [0.717, 1.165) is 29.0 Å². The van der Waals surface area contributed by atoms with E-state index in [1.54, 1.807) is 18.2 Å². The average Bonchev–Trinajstić information content (AvgIpc) is 2.90. The van der Waals surface area contributed by atoms with E-state index >= 15 is 0 Å². The van der Waals surface area contributed by atoms with Crippen LogP contribution in [0.3, 0.4) is 0 Å². The minimum Gasteiger partial charge on any atom is -0.459 e. The molecule has 0 saturated heterocycles. The van der Waals surface area contributed by atoms with Gasteiger partial charge < -0.3 is 10.5 Å². The van der Waals surface area contributed by atoms with Crippen LogP contribution in [0.1, 0.15) is 29.2 Å². The van der Waals surface area contributed by atoms with E-state index in [1.165, 1.54) is 0 Å². The number of halogens is 1. The molecule has 0 fully saturated rings. The Bertz CT molecular complexity index is 688. The fourth-order valence-electron chi connectivity index (χ4n) is 2.68. The number of benzene rings is 1. The minimum absolute atomic E-state index is 0.135. The normalized spacial score (nSPS) is 16.5. The molecule has 1 heterocycles. The predicted molar refractivity (Wildman–Crippen MR) is 81.0 cm³/mol. The molecule has 0 spiro atoms. The summed E-state index contributed by atoms with van der Waals surface area (Å²) in [5.41, 5.74) is 8.28. The summed E-state index contributed by atoms with van der Waals surface area (Å²) in [5, 5.41) is 0.722. The summed E-state index contributed by atoms with van der Waals surface area (Å²) < 4.78 is 5.36. The van der Waals surface area contributed by atoms with E-state index in [4.69, 9.17) is 22.1 Å². The number of ether oxygens (including phenoxy) is 1. The number of nitrogens with zero attached hydrogens (tertiary/aromatic N) is 1. The van der Waals surface area contributed by atoms with Gasteiger partial charge in [-0.3, -0.25) is 4.79 Å². The standard InChI is InChI=1S/C16H15ClN2O2/c17-14-5-2-4-11-12(14)7-8-13(11)16(20)21-9-10-3-1-6-15(18)19-10/h1-6,13H,7-9H2,(H2,18,19).